The molecule has 9 atom stereocenters. The van der Waals surface area contributed by atoms with E-state index in [2.05, 4.69) is 47.6 Å². The average Bonchev–Trinajstić information content (AvgIpc) is 2.88. The lowest BCUT2D eigenvalue weighted by atomic mass is 9.47. The highest BCUT2D eigenvalue weighted by molar-refractivity contribution is 5.31. The fourth-order valence-electron chi connectivity index (χ4n) is 8.98. The monoisotopic (exact) mass is 416 g/mol. The van der Waals surface area contributed by atoms with Gasteiger partial charge in [-0.3, -0.25) is 0 Å². The zero-order valence-electron chi connectivity index (χ0n) is 20.6. The van der Waals surface area contributed by atoms with E-state index < -0.39 is 5.60 Å². The smallest absolute Gasteiger partial charge is 0.0693 e. The lowest BCUT2D eigenvalue weighted by molar-refractivity contribution is -0.0650. The van der Waals surface area contributed by atoms with Gasteiger partial charge in [0.1, 0.15) is 0 Å². The summed E-state index contributed by atoms with van der Waals surface area (Å²) in [6, 6.07) is 0. The summed E-state index contributed by atoms with van der Waals surface area (Å²) >= 11 is 0. The molecule has 0 radical (unpaired) electrons. The van der Waals surface area contributed by atoms with Crippen LogP contribution in [0.5, 0.6) is 0 Å². The summed E-state index contributed by atoms with van der Waals surface area (Å²) < 4.78 is 0. The van der Waals surface area contributed by atoms with E-state index in [1.165, 1.54) is 32.1 Å². The van der Waals surface area contributed by atoms with Crippen LogP contribution in [0.2, 0.25) is 0 Å². The van der Waals surface area contributed by atoms with Gasteiger partial charge in [0, 0.05) is 5.92 Å². The molecule has 0 spiro atoms. The number of hydrogen-bond donors (Lipinski definition) is 2. The Bertz CT molecular complexity index is 664. The molecule has 3 fully saturated rings. The van der Waals surface area contributed by atoms with E-state index >= 15 is 0 Å². The molecule has 2 nitrogen and oxygen atoms in total. The van der Waals surface area contributed by atoms with Crippen LogP contribution in [-0.4, -0.2) is 21.9 Å². The van der Waals surface area contributed by atoms with Gasteiger partial charge < -0.3 is 10.2 Å². The van der Waals surface area contributed by atoms with Crippen LogP contribution >= 0.6 is 0 Å². The Morgan fingerprint density at radius 1 is 1.03 bits per heavy atom. The molecule has 4 rings (SSSR count). The molecule has 4 aliphatic carbocycles. The van der Waals surface area contributed by atoms with E-state index in [-0.39, 0.29) is 11.5 Å². The second-order valence-electron chi connectivity index (χ2n) is 13.1. The predicted molar refractivity (Wildman–Crippen MR) is 125 cm³/mol. The van der Waals surface area contributed by atoms with Crippen LogP contribution in [0.4, 0.5) is 0 Å². The van der Waals surface area contributed by atoms with Crippen molar-refractivity contribution in [1.29, 1.82) is 0 Å². The van der Waals surface area contributed by atoms with E-state index in [4.69, 9.17) is 0 Å². The first kappa shape index (κ1) is 22.8. The van der Waals surface area contributed by atoms with E-state index in [1.807, 2.05) is 0 Å². The SMILES string of the molecule is CC(C)CCC[C@@H](C)[C@H]1CC(C)(O)[C@H]2C3=CCC4CC(O)CC[C@]4(C)[C@H]3CC[C@]12C. The summed E-state index contributed by atoms with van der Waals surface area (Å²) in [5.41, 5.74) is 1.59. The number of rotatable bonds is 5. The number of aliphatic hydroxyl groups excluding tert-OH is 1. The first-order valence-electron chi connectivity index (χ1n) is 13.1. The van der Waals surface area contributed by atoms with Crippen molar-refractivity contribution in [3.05, 3.63) is 11.6 Å². The Balaban J connectivity index is 1.60. The molecular formula is C28H48O2. The minimum Gasteiger partial charge on any atom is -0.393 e. The third-order valence-corrected chi connectivity index (χ3v) is 10.5. The fourth-order valence-corrected chi connectivity index (χ4v) is 8.98. The van der Waals surface area contributed by atoms with Gasteiger partial charge >= 0.3 is 0 Å². The van der Waals surface area contributed by atoms with Crippen molar-refractivity contribution < 1.29 is 10.2 Å². The summed E-state index contributed by atoms with van der Waals surface area (Å²) in [6.45, 7) is 14.3. The van der Waals surface area contributed by atoms with E-state index in [1.54, 1.807) is 5.57 Å². The lowest BCUT2D eigenvalue weighted by Crippen LogP contribution is -2.52. The van der Waals surface area contributed by atoms with Crippen molar-refractivity contribution in [3.63, 3.8) is 0 Å². The average molecular weight is 417 g/mol. The molecule has 0 heterocycles. The molecule has 0 aromatic rings. The van der Waals surface area contributed by atoms with Crippen molar-refractivity contribution in [2.45, 2.75) is 117 Å². The van der Waals surface area contributed by atoms with Gasteiger partial charge in [0.25, 0.3) is 0 Å². The van der Waals surface area contributed by atoms with E-state index in [0.717, 1.165) is 38.0 Å². The van der Waals surface area contributed by atoms with Crippen molar-refractivity contribution in [3.8, 4) is 0 Å². The van der Waals surface area contributed by atoms with Gasteiger partial charge in [0.15, 0.2) is 0 Å². The maximum Gasteiger partial charge on any atom is 0.0693 e. The summed E-state index contributed by atoms with van der Waals surface area (Å²) in [5, 5.41) is 22.0. The van der Waals surface area contributed by atoms with Gasteiger partial charge in [0.2, 0.25) is 0 Å². The number of hydrogen-bond acceptors (Lipinski definition) is 2. The van der Waals surface area contributed by atoms with Crippen LogP contribution in [0, 0.1) is 46.3 Å². The summed E-state index contributed by atoms with van der Waals surface area (Å²) in [6.07, 6.45) is 14.1. The molecule has 30 heavy (non-hydrogen) atoms. The molecule has 0 bridgehead atoms. The Morgan fingerprint density at radius 3 is 2.43 bits per heavy atom. The Hall–Kier alpha value is -0.340. The number of allylic oxidation sites excluding steroid dienone is 1. The quantitative estimate of drug-likeness (QED) is 0.487. The molecule has 0 aromatic heterocycles. The van der Waals surface area contributed by atoms with E-state index in [0.29, 0.717) is 35.0 Å². The van der Waals surface area contributed by atoms with Crippen molar-refractivity contribution >= 4 is 0 Å². The van der Waals surface area contributed by atoms with Crippen LogP contribution in [0.1, 0.15) is 106 Å². The molecule has 3 unspecified atom stereocenters. The molecular weight excluding hydrogens is 368 g/mol. The van der Waals surface area contributed by atoms with Crippen molar-refractivity contribution in [2.24, 2.45) is 46.3 Å². The molecule has 3 saturated carbocycles. The third-order valence-electron chi connectivity index (χ3n) is 10.5. The van der Waals surface area contributed by atoms with Gasteiger partial charge in [0.05, 0.1) is 11.7 Å². The molecule has 2 heteroatoms. The van der Waals surface area contributed by atoms with E-state index in [9.17, 15) is 10.2 Å². The topological polar surface area (TPSA) is 40.5 Å². The lowest BCUT2D eigenvalue weighted by Gasteiger charge is -2.58. The van der Waals surface area contributed by atoms with Crippen molar-refractivity contribution in [1.82, 2.24) is 0 Å². The minimum atomic E-state index is -0.576. The Kier molecular flexibility index (Phi) is 6.02. The van der Waals surface area contributed by atoms with Crippen molar-refractivity contribution in [2.75, 3.05) is 0 Å². The summed E-state index contributed by atoms with van der Waals surface area (Å²) in [4.78, 5) is 0. The van der Waals surface area contributed by atoms with Crippen LogP contribution in [0.15, 0.2) is 11.6 Å². The third kappa shape index (κ3) is 3.62. The second-order valence-corrected chi connectivity index (χ2v) is 13.1. The molecule has 0 saturated heterocycles. The minimum absolute atomic E-state index is 0.0995. The standard InChI is InChI=1S/C28H48O2/c1-18(2)8-7-9-19(3)24-17-28(6,30)25-22-11-10-20-16-21(29)12-14-26(20,4)23(22)13-15-27(24,25)5/h11,18-21,23-25,29-30H,7-10,12-17H2,1-6H3/t19-,20?,21?,23+,24-,25+,26+,27-,28?/m1/s1. The van der Waals surface area contributed by atoms with Gasteiger partial charge in [-0.2, -0.15) is 0 Å². The molecule has 2 N–H and O–H groups in total. The zero-order chi connectivity index (χ0) is 21.9. The summed E-state index contributed by atoms with van der Waals surface area (Å²) in [7, 11) is 0. The Labute approximate surface area is 185 Å². The largest absolute Gasteiger partial charge is 0.393 e. The number of fused-ring (bicyclic) bond motifs is 5. The highest BCUT2D eigenvalue weighted by Gasteiger charge is 2.64. The van der Waals surface area contributed by atoms with Gasteiger partial charge in [-0.25, -0.2) is 0 Å². The number of aliphatic hydroxyl groups is 2. The molecule has 0 aliphatic heterocycles. The van der Waals surface area contributed by atoms with Crippen LogP contribution < -0.4 is 0 Å². The first-order chi connectivity index (χ1) is 14.0. The molecule has 172 valence electrons. The maximum atomic E-state index is 11.8. The predicted octanol–water partition coefficient (Wildman–Crippen LogP) is 6.75. The highest BCUT2D eigenvalue weighted by Crippen LogP contribution is 2.69. The van der Waals surface area contributed by atoms with Crippen LogP contribution in [-0.2, 0) is 0 Å². The normalized spacial score (nSPS) is 49.2. The second kappa shape index (κ2) is 7.91. The summed E-state index contributed by atoms with van der Waals surface area (Å²) in [5.74, 6) is 3.67. The van der Waals surface area contributed by atoms with Crippen LogP contribution in [0.25, 0.3) is 0 Å². The molecule has 0 amide bonds. The molecule has 4 aliphatic rings. The first-order valence-corrected chi connectivity index (χ1v) is 13.1. The maximum absolute atomic E-state index is 11.8. The highest BCUT2D eigenvalue weighted by atomic mass is 16.3. The van der Waals surface area contributed by atoms with Gasteiger partial charge in [-0.1, -0.05) is 65.5 Å². The molecule has 0 aromatic carbocycles. The fraction of sp³-hybridized carbons (Fsp3) is 0.929. The zero-order valence-corrected chi connectivity index (χ0v) is 20.6. The Morgan fingerprint density at radius 2 is 1.73 bits per heavy atom. The van der Waals surface area contributed by atoms with Gasteiger partial charge in [-0.05, 0) is 92.3 Å². The van der Waals surface area contributed by atoms with Gasteiger partial charge in [-0.15, -0.1) is 0 Å². The van der Waals surface area contributed by atoms with Crippen LogP contribution in [0.3, 0.4) is 0 Å².